The highest BCUT2D eigenvalue weighted by Crippen LogP contribution is 2.13. The molecule has 1 aromatic rings. The summed E-state index contributed by atoms with van der Waals surface area (Å²) in [4.78, 5) is 13.1. The van der Waals surface area contributed by atoms with E-state index in [0.717, 1.165) is 0 Å². The van der Waals surface area contributed by atoms with Gasteiger partial charge in [-0.25, -0.2) is 4.79 Å². The van der Waals surface area contributed by atoms with Crippen molar-refractivity contribution in [3.05, 3.63) is 32.3 Å². The molecular weight excluding hydrogens is 202 g/mol. The molecule has 0 spiro atoms. The standard InChI is InChI=1S/C8H5N3O2S/c9-11-10-3-1-2-6-4-14-5-7(6)8(12)13/h4-5H,3H2,(H,12,13). The predicted octanol–water partition coefficient (Wildman–Crippen LogP) is 2.11. The summed E-state index contributed by atoms with van der Waals surface area (Å²) in [6.45, 7) is 0.0470. The average molecular weight is 207 g/mol. The second kappa shape index (κ2) is 4.92. The second-order valence-corrected chi connectivity index (χ2v) is 2.94. The Labute approximate surface area is 83.6 Å². The molecule has 1 rings (SSSR count). The van der Waals surface area contributed by atoms with Gasteiger partial charge in [-0.2, -0.15) is 11.3 Å². The summed E-state index contributed by atoms with van der Waals surface area (Å²) in [7, 11) is 0. The number of rotatable bonds is 2. The predicted molar refractivity (Wildman–Crippen MR) is 52.2 cm³/mol. The van der Waals surface area contributed by atoms with Crippen molar-refractivity contribution in [1.29, 1.82) is 0 Å². The first-order chi connectivity index (χ1) is 6.75. The lowest BCUT2D eigenvalue weighted by Gasteiger charge is -1.87. The molecule has 0 atom stereocenters. The zero-order chi connectivity index (χ0) is 10.4. The molecule has 0 amide bonds. The first kappa shape index (κ1) is 10.1. The number of carboxylic acids is 1. The Morgan fingerprint density at radius 2 is 2.50 bits per heavy atom. The highest BCUT2D eigenvalue weighted by atomic mass is 32.1. The lowest BCUT2D eigenvalue weighted by molar-refractivity contribution is 0.0697. The van der Waals surface area contributed by atoms with Gasteiger partial charge >= 0.3 is 5.97 Å². The molecule has 0 saturated heterocycles. The van der Waals surface area contributed by atoms with Gasteiger partial charge in [-0.1, -0.05) is 17.0 Å². The normalized spacial score (nSPS) is 8.29. The Bertz CT molecular complexity index is 449. The van der Waals surface area contributed by atoms with Crippen LogP contribution in [0.5, 0.6) is 0 Å². The molecule has 0 aliphatic carbocycles. The number of carbonyl (C=O) groups is 1. The van der Waals surface area contributed by atoms with E-state index in [2.05, 4.69) is 21.9 Å². The van der Waals surface area contributed by atoms with E-state index >= 15 is 0 Å². The van der Waals surface area contributed by atoms with Gasteiger partial charge in [0.1, 0.15) is 0 Å². The van der Waals surface area contributed by atoms with Gasteiger partial charge in [-0.05, 0) is 5.53 Å². The van der Waals surface area contributed by atoms with Gasteiger partial charge in [0.05, 0.1) is 12.1 Å². The van der Waals surface area contributed by atoms with Crippen LogP contribution in [0, 0.1) is 11.8 Å². The summed E-state index contributed by atoms with van der Waals surface area (Å²) in [5, 5.41) is 15.1. The average Bonchev–Trinajstić information content (AvgIpc) is 2.60. The second-order valence-electron chi connectivity index (χ2n) is 2.20. The van der Waals surface area contributed by atoms with E-state index in [1.165, 1.54) is 16.7 Å². The van der Waals surface area contributed by atoms with Crippen molar-refractivity contribution in [3.8, 4) is 11.8 Å². The van der Waals surface area contributed by atoms with Crippen molar-refractivity contribution in [2.24, 2.45) is 5.11 Å². The third kappa shape index (κ3) is 2.52. The van der Waals surface area contributed by atoms with Crippen molar-refractivity contribution in [3.63, 3.8) is 0 Å². The van der Waals surface area contributed by atoms with Crippen LogP contribution >= 0.6 is 11.3 Å². The van der Waals surface area contributed by atoms with Crippen LogP contribution in [0.15, 0.2) is 15.9 Å². The molecule has 0 aliphatic rings. The van der Waals surface area contributed by atoms with E-state index < -0.39 is 5.97 Å². The summed E-state index contributed by atoms with van der Waals surface area (Å²) >= 11 is 1.27. The maximum atomic E-state index is 10.6. The summed E-state index contributed by atoms with van der Waals surface area (Å²) in [6, 6.07) is 0. The SMILES string of the molecule is [N-]=[N+]=NCC#Cc1cscc1C(=O)O. The summed E-state index contributed by atoms with van der Waals surface area (Å²) in [5.41, 5.74) is 8.60. The molecule has 1 heterocycles. The molecule has 0 saturated carbocycles. The highest BCUT2D eigenvalue weighted by Gasteiger charge is 2.08. The van der Waals surface area contributed by atoms with Crippen molar-refractivity contribution in [1.82, 2.24) is 0 Å². The molecule has 1 aromatic heterocycles. The van der Waals surface area contributed by atoms with Crippen LogP contribution in [0.3, 0.4) is 0 Å². The van der Waals surface area contributed by atoms with Gasteiger partial charge in [0, 0.05) is 21.2 Å². The summed E-state index contributed by atoms with van der Waals surface area (Å²) < 4.78 is 0. The minimum absolute atomic E-state index is 0.0470. The Morgan fingerprint density at radius 1 is 1.71 bits per heavy atom. The molecule has 70 valence electrons. The number of azide groups is 1. The molecule has 0 aliphatic heterocycles. The van der Waals surface area contributed by atoms with Gasteiger partial charge in [0.2, 0.25) is 0 Å². The molecule has 0 bridgehead atoms. The number of carboxylic acid groups (broad SMARTS) is 1. The number of nitrogens with zero attached hydrogens (tertiary/aromatic N) is 3. The monoisotopic (exact) mass is 207 g/mol. The van der Waals surface area contributed by atoms with Crippen molar-refractivity contribution in [2.75, 3.05) is 6.54 Å². The molecule has 0 aromatic carbocycles. The molecule has 6 heteroatoms. The number of hydrogen-bond acceptors (Lipinski definition) is 3. The van der Waals surface area contributed by atoms with Crippen LogP contribution in [-0.2, 0) is 0 Å². The number of thiophene rings is 1. The molecule has 1 N–H and O–H groups in total. The van der Waals surface area contributed by atoms with Crippen LogP contribution < -0.4 is 0 Å². The lowest BCUT2D eigenvalue weighted by atomic mass is 10.2. The van der Waals surface area contributed by atoms with Crippen LogP contribution in [0.25, 0.3) is 10.4 Å². The zero-order valence-electron chi connectivity index (χ0n) is 6.97. The molecular formula is C8H5N3O2S. The molecule has 14 heavy (non-hydrogen) atoms. The Balaban J connectivity index is 2.84. The van der Waals surface area contributed by atoms with E-state index in [4.69, 9.17) is 10.6 Å². The van der Waals surface area contributed by atoms with Crippen molar-refractivity contribution >= 4 is 17.3 Å². The van der Waals surface area contributed by atoms with Crippen molar-refractivity contribution < 1.29 is 9.90 Å². The maximum absolute atomic E-state index is 10.6. The minimum Gasteiger partial charge on any atom is -0.478 e. The number of hydrogen-bond donors (Lipinski definition) is 1. The smallest absolute Gasteiger partial charge is 0.337 e. The van der Waals surface area contributed by atoms with E-state index in [1.807, 2.05) is 0 Å². The third-order valence-electron chi connectivity index (χ3n) is 1.33. The Kier molecular flexibility index (Phi) is 3.56. The Morgan fingerprint density at radius 3 is 3.14 bits per heavy atom. The highest BCUT2D eigenvalue weighted by molar-refractivity contribution is 7.08. The minimum atomic E-state index is -1.00. The zero-order valence-corrected chi connectivity index (χ0v) is 7.78. The first-order valence-corrected chi connectivity index (χ1v) is 4.49. The van der Waals surface area contributed by atoms with Gasteiger partial charge in [0.25, 0.3) is 0 Å². The Hall–Kier alpha value is -1.96. The molecule has 0 fully saturated rings. The largest absolute Gasteiger partial charge is 0.478 e. The summed E-state index contributed by atoms with van der Waals surface area (Å²) in [6.07, 6.45) is 0. The fraction of sp³-hybridized carbons (Fsp3) is 0.125. The quantitative estimate of drug-likeness (QED) is 0.348. The topological polar surface area (TPSA) is 86.1 Å². The van der Waals surface area contributed by atoms with Crippen LogP contribution in [-0.4, -0.2) is 17.6 Å². The van der Waals surface area contributed by atoms with Crippen LogP contribution in [0.1, 0.15) is 15.9 Å². The van der Waals surface area contributed by atoms with E-state index in [0.29, 0.717) is 5.56 Å². The fourth-order valence-electron chi connectivity index (χ4n) is 0.761. The third-order valence-corrected chi connectivity index (χ3v) is 2.07. The van der Waals surface area contributed by atoms with E-state index in [9.17, 15) is 4.79 Å². The fourth-order valence-corrected chi connectivity index (χ4v) is 1.52. The van der Waals surface area contributed by atoms with E-state index in [1.54, 1.807) is 5.38 Å². The lowest BCUT2D eigenvalue weighted by Crippen LogP contribution is -1.95. The summed E-state index contributed by atoms with van der Waals surface area (Å²) in [5.74, 6) is 4.18. The van der Waals surface area contributed by atoms with Crippen LogP contribution in [0.4, 0.5) is 0 Å². The van der Waals surface area contributed by atoms with Gasteiger partial charge in [-0.15, -0.1) is 0 Å². The van der Waals surface area contributed by atoms with Gasteiger partial charge < -0.3 is 5.11 Å². The molecule has 0 radical (unpaired) electrons. The maximum Gasteiger partial charge on any atom is 0.337 e. The van der Waals surface area contributed by atoms with Crippen molar-refractivity contribution in [2.45, 2.75) is 0 Å². The molecule has 0 unspecified atom stereocenters. The van der Waals surface area contributed by atoms with E-state index in [-0.39, 0.29) is 12.1 Å². The molecule has 5 nitrogen and oxygen atoms in total. The van der Waals surface area contributed by atoms with Gasteiger partial charge in [-0.3, -0.25) is 0 Å². The first-order valence-electron chi connectivity index (χ1n) is 3.55. The van der Waals surface area contributed by atoms with Gasteiger partial charge in [0.15, 0.2) is 0 Å². The van der Waals surface area contributed by atoms with Crippen LogP contribution in [0.2, 0.25) is 0 Å². The number of aromatic carboxylic acids is 1.